The first-order chi connectivity index (χ1) is 11.6. The average Bonchev–Trinajstić information content (AvgIpc) is 2.43. The second-order valence-electron chi connectivity index (χ2n) is 7.51. The molecule has 0 amide bonds. The Hall–Kier alpha value is -1.85. The summed E-state index contributed by atoms with van der Waals surface area (Å²) in [6, 6.07) is 11.1. The zero-order valence-corrected chi connectivity index (χ0v) is 16.2. The number of hydrogen-bond acceptors (Lipinski definition) is 3. The lowest BCUT2D eigenvalue weighted by Crippen LogP contribution is -2.41. The lowest BCUT2D eigenvalue weighted by molar-refractivity contribution is 0.0702. The second-order valence-corrected chi connectivity index (χ2v) is 9.16. The van der Waals surface area contributed by atoms with Crippen LogP contribution in [0.15, 0.2) is 41.3 Å². The van der Waals surface area contributed by atoms with Gasteiger partial charge in [0.1, 0.15) is 11.4 Å². The van der Waals surface area contributed by atoms with Crippen LogP contribution in [-0.2, 0) is 10.0 Å². The summed E-state index contributed by atoms with van der Waals surface area (Å²) in [6.45, 7) is 9.62. The third kappa shape index (κ3) is 3.58. The third-order valence-electron chi connectivity index (χ3n) is 4.55. The van der Waals surface area contributed by atoms with Crippen molar-refractivity contribution in [3.05, 3.63) is 58.7 Å². The zero-order valence-electron chi connectivity index (χ0n) is 15.4. The molecule has 134 valence electrons. The van der Waals surface area contributed by atoms with E-state index in [1.54, 1.807) is 0 Å². The maximum absolute atomic E-state index is 13.1. The molecule has 2 aromatic carbocycles. The van der Waals surface area contributed by atoms with E-state index in [1.165, 1.54) is 0 Å². The molecule has 0 saturated heterocycles. The van der Waals surface area contributed by atoms with Gasteiger partial charge in [-0.3, -0.25) is 0 Å². The number of sulfonamides is 1. The Morgan fingerprint density at radius 3 is 2.32 bits per heavy atom. The predicted molar refractivity (Wildman–Crippen MR) is 99.5 cm³/mol. The largest absolute Gasteiger partial charge is 0.487 e. The molecule has 1 atom stereocenters. The molecule has 0 saturated carbocycles. The molecule has 0 fully saturated rings. The van der Waals surface area contributed by atoms with Gasteiger partial charge in [0.05, 0.1) is 10.9 Å². The minimum atomic E-state index is -3.64. The number of aryl methyl sites for hydroxylation is 3. The summed E-state index contributed by atoms with van der Waals surface area (Å²) in [4.78, 5) is 0.375. The summed E-state index contributed by atoms with van der Waals surface area (Å²) in [7, 11) is -3.64. The van der Waals surface area contributed by atoms with E-state index in [4.69, 9.17) is 4.74 Å². The maximum Gasteiger partial charge on any atom is 0.241 e. The minimum Gasteiger partial charge on any atom is -0.487 e. The van der Waals surface area contributed by atoms with E-state index in [2.05, 4.69) is 4.72 Å². The molecule has 0 unspecified atom stereocenters. The minimum absolute atomic E-state index is 0.315. The molecule has 2 aromatic rings. The average molecular weight is 359 g/mol. The van der Waals surface area contributed by atoms with Crippen molar-refractivity contribution >= 4 is 10.0 Å². The second kappa shape index (κ2) is 6.15. The fraction of sp³-hybridized carbons (Fsp3) is 0.400. The predicted octanol–water partition coefficient (Wildman–Crippen LogP) is 4.19. The van der Waals surface area contributed by atoms with Crippen molar-refractivity contribution in [2.45, 2.75) is 57.6 Å². The molecule has 3 rings (SSSR count). The molecule has 0 radical (unpaired) electrons. The van der Waals surface area contributed by atoms with Crippen molar-refractivity contribution < 1.29 is 13.2 Å². The monoisotopic (exact) mass is 359 g/mol. The number of hydrogen-bond donors (Lipinski definition) is 1. The number of para-hydroxylation sites is 1. The van der Waals surface area contributed by atoms with E-state index in [9.17, 15) is 8.42 Å². The Morgan fingerprint density at radius 2 is 1.68 bits per heavy atom. The van der Waals surface area contributed by atoms with Crippen LogP contribution in [0, 0.1) is 20.8 Å². The lowest BCUT2D eigenvalue weighted by atomic mass is 9.90. The van der Waals surface area contributed by atoms with E-state index >= 15 is 0 Å². The smallest absolute Gasteiger partial charge is 0.241 e. The topological polar surface area (TPSA) is 55.4 Å². The van der Waals surface area contributed by atoms with Gasteiger partial charge in [0, 0.05) is 12.0 Å². The number of benzene rings is 2. The van der Waals surface area contributed by atoms with Gasteiger partial charge in [-0.25, -0.2) is 13.1 Å². The first kappa shape index (κ1) is 18.0. The van der Waals surface area contributed by atoms with Crippen molar-refractivity contribution in [2.24, 2.45) is 0 Å². The number of ether oxygens (including phenoxy) is 1. The molecular weight excluding hydrogens is 334 g/mol. The lowest BCUT2D eigenvalue weighted by Gasteiger charge is -2.37. The number of nitrogens with one attached hydrogen (secondary N) is 1. The van der Waals surface area contributed by atoms with Gasteiger partial charge in [0.2, 0.25) is 10.0 Å². The van der Waals surface area contributed by atoms with Crippen molar-refractivity contribution in [1.29, 1.82) is 0 Å². The van der Waals surface area contributed by atoms with Crippen molar-refractivity contribution in [3.8, 4) is 5.75 Å². The Balaban J connectivity index is 2.02. The molecule has 5 heteroatoms. The fourth-order valence-corrected chi connectivity index (χ4v) is 5.41. The summed E-state index contributed by atoms with van der Waals surface area (Å²) < 4.78 is 35.2. The van der Waals surface area contributed by atoms with E-state index < -0.39 is 15.6 Å². The van der Waals surface area contributed by atoms with Crippen LogP contribution < -0.4 is 9.46 Å². The number of fused-ring (bicyclic) bond motifs is 1. The van der Waals surface area contributed by atoms with Gasteiger partial charge in [-0.1, -0.05) is 35.9 Å². The van der Waals surface area contributed by atoms with Gasteiger partial charge >= 0.3 is 0 Å². The third-order valence-corrected chi connectivity index (χ3v) is 6.32. The van der Waals surface area contributed by atoms with Gasteiger partial charge in [-0.05, 0) is 51.8 Å². The molecule has 0 aromatic heterocycles. The molecule has 1 aliphatic rings. The van der Waals surface area contributed by atoms with Crippen LogP contribution in [0.2, 0.25) is 0 Å². The normalized spacial score (nSPS) is 19.2. The molecule has 0 aliphatic carbocycles. The van der Waals surface area contributed by atoms with E-state index in [0.29, 0.717) is 11.3 Å². The van der Waals surface area contributed by atoms with Crippen LogP contribution in [0.5, 0.6) is 5.75 Å². The molecule has 25 heavy (non-hydrogen) atoms. The Morgan fingerprint density at radius 1 is 1.08 bits per heavy atom. The quantitative estimate of drug-likeness (QED) is 0.894. The highest BCUT2D eigenvalue weighted by atomic mass is 32.2. The van der Waals surface area contributed by atoms with Gasteiger partial charge in [-0.15, -0.1) is 0 Å². The van der Waals surface area contributed by atoms with Crippen LogP contribution in [0.3, 0.4) is 0 Å². The van der Waals surface area contributed by atoms with Gasteiger partial charge in [-0.2, -0.15) is 0 Å². The zero-order chi connectivity index (χ0) is 18.4. The summed E-state index contributed by atoms with van der Waals surface area (Å²) in [5.74, 6) is 0.740. The van der Waals surface area contributed by atoms with E-state index in [1.807, 2.05) is 71.0 Å². The molecule has 0 bridgehead atoms. The highest BCUT2D eigenvalue weighted by Crippen LogP contribution is 2.40. The van der Waals surface area contributed by atoms with Crippen LogP contribution >= 0.6 is 0 Å². The van der Waals surface area contributed by atoms with Gasteiger partial charge in [0.15, 0.2) is 0 Å². The van der Waals surface area contributed by atoms with Crippen LogP contribution in [0.4, 0.5) is 0 Å². The number of rotatable bonds is 3. The fourth-order valence-electron chi connectivity index (χ4n) is 3.74. The van der Waals surface area contributed by atoms with Gasteiger partial charge in [0.25, 0.3) is 0 Å². The summed E-state index contributed by atoms with van der Waals surface area (Å²) in [5, 5.41) is 0. The molecule has 1 aliphatic heterocycles. The van der Waals surface area contributed by atoms with E-state index in [0.717, 1.165) is 28.0 Å². The van der Waals surface area contributed by atoms with E-state index in [-0.39, 0.29) is 6.04 Å². The maximum atomic E-state index is 13.1. The summed E-state index contributed by atoms with van der Waals surface area (Å²) in [5.41, 5.74) is 3.05. The Kier molecular flexibility index (Phi) is 4.41. The molecule has 1 heterocycles. The molecular formula is C20H25NO3S. The molecule has 4 nitrogen and oxygen atoms in total. The Labute approximate surface area is 150 Å². The SMILES string of the molecule is Cc1cc(C)c(S(=O)(=O)N[C@H]2CC(C)(C)Oc3ccccc32)c(C)c1. The Bertz CT molecular complexity index is 893. The van der Waals surface area contributed by atoms with Crippen molar-refractivity contribution in [1.82, 2.24) is 4.72 Å². The van der Waals surface area contributed by atoms with Crippen LogP contribution in [0.1, 0.15) is 48.6 Å². The summed E-state index contributed by atoms with van der Waals surface area (Å²) in [6.07, 6.45) is 0.577. The summed E-state index contributed by atoms with van der Waals surface area (Å²) >= 11 is 0. The molecule has 1 N–H and O–H groups in total. The molecule has 0 spiro atoms. The highest BCUT2D eigenvalue weighted by Gasteiger charge is 2.36. The first-order valence-corrected chi connectivity index (χ1v) is 9.95. The van der Waals surface area contributed by atoms with Crippen LogP contribution in [-0.4, -0.2) is 14.0 Å². The van der Waals surface area contributed by atoms with Crippen molar-refractivity contribution in [2.75, 3.05) is 0 Å². The van der Waals surface area contributed by atoms with Gasteiger partial charge < -0.3 is 4.74 Å². The van der Waals surface area contributed by atoms with Crippen LogP contribution in [0.25, 0.3) is 0 Å². The first-order valence-electron chi connectivity index (χ1n) is 8.47. The highest BCUT2D eigenvalue weighted by molar-refractivity contribution is 7.89. The standard InChI is InChI=1S/C20H25NO3S/c1-13-10-14(2)19(15(3)11-13)25(22,23)21-17-12-20(4,5)24-18-9-7-6-8-16(17)18/h6-11,17,21H,12H2,1-5H3/t17-/m0/s1. The van der Waals surface area contributed by atoms with Crippen molar-refractivity contribution in [3.63, 3.8) is 0 Å².